The average Bonchev–Trinajstić information content (AvgIpc) is 3.53. The molecule has 0 spiro atoms. The van der Waals surface area contributed by atoms with Gasteiger partial charge in [0.1, 0.15) is 11.6 Å². The Morgan fingerprint density at radius 3 is 1.84 bits per heavy atom. The number of ether oxygens (including phenoxy) is 1. The molecule has 3 aromatic carbocycles. The minimum Gasteiger partial charge on any atom is -0.494 e. The lowest BCUT2D eigenvalue weighted by atomic mass is 10.1. The molecule has 0 bridgehead atoms. The molecular formula is C42H48N4O10. The Morgan fingerprint density at radius 2 is 1.27 bits per heavy atom. The van der Waals surface area contributed by atoms with Crippen molar-refractivity contribution in [1.29, 1.82) is 0 Å². The van der Waals surface area contributed by atoms with Crippen LogP contribution in [0.1, 0.15) is 47.9 Å². The SMILES string of the molecule is CCCCOc1ccc(C(=O)CCn2c(CN3CCN(C/C=C/c4ccccc4)CC3)nc3ccccc32)cc1.O=C(O)/C=C/C(=O)O.O=C(O)/C=C/C(=O)O. The van der Waals surface area contributed by atoms with E-state index in [9.17, 15) is 24.0 Å². The fraction of sp³-hybridized carbons (Fsp3) is 0.286. The van der Waals surface area contributed by atoms with Gasteiger partial charge in [-0.15, -0.1) is 0 Å². The van der Waals surface area contributed by atoms with Gasteiger partial charge in [-0.2, -0.15) is 0 Å². The molecule has 2 heterocycles. The summed E-state index contributed by atoms with van der Waals surface area (Å²) in [7, 11) is 0. The second-order valence-corrected chi connectivity index (χ2v) is 12.5. The second kappa shape index (κ2) is 24.1. The quantitative estimate of drug-likeness (QED) is 0.0576. The van der Waals surface area contributed by atoms with Crippen molar-refractivity contribution in [3.63, 3.8) is 0 Å². The Balaban J connectivity index is 0.000000441. The highest BCUT2D eigenvalue weighted by Crippen LogP contribution is 2.20. The van der Waals surface area contributed by atoms with E-state index in [1.807, 2.05) is 42.5 Å². The monoisotopic (exact) mass is 768 g/mol. The lowest BCUT2D eigenvalue weighted by Crippen LogP contribution is -2.46. The Hall–Kier alpha value is -6.38. The van der Waals surface area contributed by atoms with E-state index >= 15 is 0 Å². The first-order valence-electron chi connectivity index (χ1n) is 18.1. The summed E-state index contributed by atoms with van der Waals surface area (Å²) in [5.74, 6) is -3.04. The van der Waals surface area contributed by atoms with Gasteiger partial charge in [-0.25, -0.2) is 24.2 Å². The first kappa shape index (κ1) is 44.0. The molecule has 0 amide bonds. The fourth-order valence-electron chi connectivity index (χ4n) is 5.44. The number of aryl methyl sites for hydroxylation is 1. The lowest BCUT2D eigenvalue weighted by molar-refractivity contribution is -0.134. The molecule has 0 atom stereocenters. The third-order valence-corrected chi connectivity index (χ3v) is 8.28. The number of hydrogen-bond donors (Lipinski definition) is 4. The molecule has 0 unspecified atom stereocenters. The lowest BCUT2D eigenvalue weighted by Gasteiger charge is -2.34. The van der Waals surface area contributed by atoms with Crippen molar-refractivity contribution in [3.05, 3.63) is 126 Å². The molecule has 1 aliphatic heterocycles. The third-order valence-electron chi connectivity index (χ3n) is 8.28. The molecule has 14 nitrogen and oxygen atoms in total. The summed E-state index contributed by atoms with van der Waals surface area (Å²) in [5, 5.41) is 31.2. The van der Waals surface area contributed by atoms with Crippen molar-refractivity contribution < 1.29 is 49.1 Å². The summed E-state index contributed by atoms with van der Waals surface area (Å²) >= 11 is 0. The zero-order chi connectivity index (χ0) is 40.7. The predicted octanol–water partition coefficient (Wildman–Crippen LogP) is 5.74. The number of hydrogen-bond acceptors (Lipinski definition) is 9. The van der Waals surface area contributed by atoms with Crippen LogP contribution in [-0.4, -0.2) is 109 Å². The summed E-state index contributed by atoms with van der Waals surface area (Å²) in [5.41, 5.74) is 4.05. The number of carbonyl (C=O) groups is 5. The molecule has 0 radical (unpaired) electrons. The summed E-state index contributed by atoms with van der Waals surface area (Å²) < 4.78 is 7.99. The van der Waals surface area contributed by atoms with Gasteiger partial charge in [-0.1, -0.05) is 68.0 Å². The van der Waals surface area contributed by atoms with Crippen LogP contribution in [0.2, 0.25) is 0 Å². The van der Waals surface area contributed by atoms with Gasteiger partial charge < -0.3 is 29.7 Å². The summed E-state index contributed by atoms with van der Waals surface area (Å²) in [6.07, 6.45) is 9.26. The molecule has 4 N–H and O–H groups in total. The second-order valence-electron chi connectivity index (χ2n) is 12.5. The van der Waals surface area contributed by atoms with Crippen LogP contribution in [-0.2, 0) is 32.3 Å². The number of aromatic nitrogens is 2. The summed E-state index contributed by atoms with van der Waals surface area (Å²) in [6, 6.07) is 26.3. The number of carboxylic acid groups (broad SMARTS) is 4. The van der Waals surface area contributed by atoms with E-state index < -0.39 is 23.9 Å². The van der Waals surface area contributed by atoms with Crippen molar-refractivity contribution in [3.8, 4) is 5.75 Å². The molecule has 4 aromatic rings. The summed E-state index contributed by atoms with van der Waals surface area (Å²) in [4.78, 5) is 61.2. The third kappa shape index (κ3) is 16.7. The predicted molar refractivity (Wildman–Crippen MR) is 212 cm³/mol. The van der Waals surface area contributed by atoms with Gasteiger partial charge >= 0.3 is 23.9 Å². The first-order valence-corrected chi connectivity index (χ1v) is 18.1. The number of carboxylic acids is 4. The Morgan fingerprint density at radius 1 is 0.714 bits per heavy atom. The van der Waals surface area contributed by atoms with Crippen molar-refractivity contribution in [1.82, 2.24) is 19.4 Å². The van der Waals surface area contributed by atoms with Gasteiger partial charge in [0.25, 0.3) is 0 Å². The van der Waals surface area contributed by atoms with Crippen LogP contribution in [0.15, 0.2) is 109 Å². The molecule has 5 rings (SSSR count). The van der Waals surface area contributed by atoms with E-state index in [-0.39, 0.29) is 5.78 Å². The topological polar surface area (TPSA) is 200 Å². The highest BCUT2D eigenvalue weighted by atomic mass is 16.5. The first-order chi connectivity index (χ1) is 26.9. The largest absolute Gasteiger partial charge is 0.494 e. The number of carbonyl (C=O) groups excluding carboxylic acids is 1. The van der Waals surface area contributed by atoms with Crippen LogP contribution in [0.3, 0.4) is 0 Å². The molecule has 14 heteroatoms. The number of benzene rings is 3. The average molecular weight is 769 g/mol. The Labute approximate surface area is 325 Å². The number of rotatable bonds is 17. The van der Waals surface area contributed by atoms with Crippen LogP contribution in [0, 0.1) is 0 Å². The highest BCUT2D eigenvalue weighted by Gasteiger charge is 2.20. The van der Waals surface area contributed by atoms with Crippen molar-refractivity contribution in [2.45, 2.75) is 39.3 Å². The highest BCUT2D eigenvalue weighted by molar-refractivity contribution is 5.96. The number of unbranched alkanes of at least 4 members (excludes halogenated alkanes) is 1. The van der Waals surface area contributed by atoms with E-state index in [2.05, 4.69) is 69.8 Å². The molecule has 1 aliphatic rings. The number of imidazole rings is 1. The molecule has 296 valence electrons. The molecule has 0 aliphatic carbocycles. The number of Topliss-reactive ketones (excluding diaryl/α,β-unsaturated/α-hetero) is 1. The number of para-hydroxylation sites is 2. The van der Waals surface area contributed by atoms with Crippen LogP contribution in [0.5, 0.6) is 5.75 Å². The van der Waals surface area contributed by atoms with Gasteiger partial charge in [0.15, 0.2) is 5.78 Å². The fourth-order valence-corrected chi connectivity index (χ4v) is 5.44. The van der Waals surface area contributed by atoms with Crippen LogP contribution in [0.25, 0.3) is 17.1 Å². The molecule has 0 saturated carbocycles. The maximum Gasteiger partial charge on any atom is 0.328 e. The zero-order valence-corrected chi connectivity index (χ0v) is 31.3. The maximum atomic E-state index is 13.1. The van der Waals surface area contributed by atoms with Gasteiger partial charge in [-0.3, -0.25) is 14.6 Å². The van der Waals surface area contributed by atoms with Crippen molar-refractivity contribution >= 4 is 46.8 Å². The van der Waals surface area contributed by atoms with E-state index in [1.54, 1.807) is 0 Å². The van der Waals surface area contributed by atoms with Crippen molar-refractivity contribution in [2.75, 3.05) is 39.3 Å². The number of aliphatic carboxylic acids is 4. The Kier molecular flexibility index (Phi) is 19.0. The molecular weight excluding hydrogens is 720 g/mol. The maximum absolute atomic E-state index is 13.1. The Bertz CT molecular complexity index is 1900. The van der Waals surface area contributed by atoms with Gasteiger partial charge in [0.05, 0.1) is 24.2 Å². The van der Waals surface area contributed by atoms with Crippen molar-refractivity contribution in [2.24, 2.45) is 0 Å². The van der Waals surface area contributed by atoms with Gasteiger partial charge in [0, 0.05) is 75.6 Å². The summed E-state index contributed by atoms with van der Waals surface area (Å²) in [6.45, 7) is 9.32. The number of fused-ring (bicyclic) bond motifs is 1. The standard InChI is InChI=1S/C34H40N4O2.2C4H4O4/c1-2-3-26-40-30-17-15-29(16-18-30)33(39)19-21-38-32-14-8-7-13-31(32)35-34(38)27-37-24-22-36(23-25-37)20-9-12-28-10-5-4-6-11-28;2*5-3(6)1-2-4(7)8/h4-18H,2-3,19-27H2,1H3;2*1-2H,(H,5,6)(H,7,8)/b12-9+;2*2-1+. The number of piperazine rings is 1. The smallest absolute Gasteiger partial charge is 0.328 e. The number of ketones is 1. The van der Waals surface area contributed by atoms with E-state index in [0.717, 1.165) is 80.3 Å². The van der Waals surface area contributed by atoms with Gasteiger partial charge in [-0.05, 0) is 48.4 Å². The van der Waals surface area contributed by atoms with Crippen LogP contribution >= 0.6 is 0 Å². The molecule has 1 fully saturated rings. The van der Waals surface area contributed by atoms with E-state index in [4.69, 9.17) is 30.1 Å². The zero-order valence-electron chi connectivity index (χ0n) is 31.3. The van der Waals surface area contributed by atoms with Crippen LogP contribution in [0.4, 0.5) is 0 Å². The van der Waals surface area contributed by atoms with E-state index in [0.29, 0.717) is 43.9 Å². The minimum atomic E-state index is -1.26. The molecule has 1 saturated heterocycles. The normalized spacial score (nSPS) is 13.2. The minimum absolute atomic E-state index is 0.140. The van der Waals surface area contributed by atoms with Crippen LogP contribution < -0.4 is 4.74 Å². The number of nitrogens with zero attached hydrogens (tertiary/aromatic N) is 4. The van der Waals surface area contributed by atoms with Gasteiger partial charge in [0.2, 0.25) is 0 Å². The van der Waals surface area contributed by atoms with E-state index in [1.165, 1.54) is 5.56 Å². The molecule has 1 aromatic heterocycles. The molecule has 56 heavy (non-hydrogen) atoms.